The molecule has 0 bridgehead atoms. The van der Waals surface area contributed by atoms with Gasteiger partial charge in [-0.25, -0.2) is 14.6 Å². The van der Waals surface area contributed by atoms with E-state index in [1.165, 1.54) is 6.33 Å². The smallest absolute Gasteiger partial charge is 0.231 e. The molecule has 1 aromatic carbocycles. The van der Waals surface area contributed by atoms with E-state index in [0.717, 1.165) is 22.8 Å². The summed E-state index contributed by atoms with van der Waals surface area (Å²) in [5.74, 6) is 1.32. The molecule has 1 aliphatic heterocycles. The van der Waals surface area contributed by atoms with Crippen molar-refractivity contribution in [3.63, 3.8) is 0 Å². The topological polar surface area (TPSA) is 119 Å². The molecule has 1 fully saturated rings. The van der Waals surface area contributed by atoms with E-state index in [0.29, 0.717) is 24.6 Å². The summed E-state index contributed by atoms with van der Waals surface area (Å²) in [6.07, 6.45) is 6.59. The third-order valence-corrected chi connectivity index (χ3v) is 5.54. The molecule has 0 radical (unpaired) electrons. The number of carbonyl (C=O) groups excluding carboxylic acids is 1. The second-order valence-corrected chi connectivity index (χ2v) is 7.71. The Balaban J connectivity index is 1.12. The van der Waals surface area contributed by atoms with E-state index in [1.54, 1.807) is 21.7 Å². The van der Waals surface area contributed by atoms with E-state index in [-0.39, 0.29) is 11.8 Å². The molecule has 1 aliphatic rings. The predicted molar refractivity (Wildman–Crippen MR) is 120 cm³/mol. The Morgan fingerprint density at radius 2 is 1.94 bits per heavy atom. The summed E-state index contributed by atoms with van der Waals surface area (Å²) in [6.45, 7) is 1.18. The number of rotatable bonds is 5. The van der Waals surface area contributed by atoms with Crippen molar-refractivity contribution in [1.82, 2.24) is 39.6 Å². The van der Waals surface area contributed by atoms with E-state index in [1.807, 2.05) is 59.6 Å². The average Bonchev–Trinajstić information content (AvgIpc) is 3.50. The van der Waals surface area contributed by atoms with Crippen LogP contribution in [-0.2, 0) is 4.79 Å². The molecular weight excluding hydrogens is 420 g/mol. The van der Waals surface area contributed by atoms with Crippen LogP contribution in [0.5, 0.6) is 0 Å². The molecule has 5 aromatic rings. The zero-order valence-corrected chi connectivity index (χ0v) is 17.4. The van der Waals surface area contributed by atoms with Crippen LogP contribution in [0.25, 0.3) is 22.7 Å². The summed E-state index contributed by atoms with van der Waals surface area (Å²) in [6, 6.07) is 15.1. The molecule has 0 aliphatic carbocycles. The number of nitrogens with one attached hydrogen (secondary N) is 1. The van der Waals surface area contributed by atoms with Gasteiger partial charge < -0.3 is 10.2 Å². The quantitative estimate of drug-likeness (QED) is 0.442. The second kappa shape index (κ2) is 7.79. The molecule has 4 aromatic heterocycles. The van der Waals surface area contributed by atoms with Gasteiger partial charge >= 0.3 is 0 Å². The maximum Gasteiger partial charge on any atom is 0.231 e. The standard InChI is InChI=1S/C22H18N10O/c33-22(16-11-30(12-16)20-10-21(24-13-23-20)31-8-2-7-26-31)27-17-4-1-3-15(9-17)18-5-6-19-28-25-14-32(19)29-18/h1-10,13-14,16H,11-12H2,(H,27,33). The number of hydrogen-bond acceptors (Lipinski definition) is 8. The molecule has 1 saturated heterocycles. The summed E-state index contributed by atoms with van der Waals surface area (Å²) in [5, 5.41) is 19.5. The van der Waals surface area contributed by atoms with Gasteiger partial charge in [-0.2, -0.15) is 14.7 Å². The van der Waals surface area contributed by atoms with Gasteiger partial charge in [-0.3, -0.25) is 4.79 Å². The van der Waals surface area contributed by atoms with Gasteiger partial charge in [0.05, 0.1) is 11.6 Å². The Labute approximate surface area is 187 Å². The Morgan fingerprint density at radius 1 is 1.03 bits per heavy atom. The molecule has 0 atom stereocenters. The fourth-order valence-corrected chi connectivity index (χ4v) is 3.75. The number of carbonyl (C=O) groups is 1. The normalized spacial score (nSPS) is 13.8. The average molecular weight is 438 g/mol. The van der Waals surface area contributed by atoms with Crippen LogP contribution in [0.3, 0.4) is 0 Å². The fourth-order valence-electron chi connectivity index (χ4n) is 3.75. The molecule has 0 spiro atoms. The van der Waals surface area contributed by atoms with Crippen LogP contribution >= 0.6 is 0 Å². The van der Waals surface area contributed by atoms with Crippen LogP contribution in [0.4, 0.5) is 11.5 Å². The van der Waals surface area contributed by atoms with E-state index in [9.17, 15) is 4.79 Å². The van der Waals surface area contributed by atoms with Crippen LogP contribution < -0.4 is 10.2 Å². The summed E-state index contributed by atoms with van der Waals surface area (Å²) < 4.78 is 3.30. The summed E-state index contributed by atoms with van der Waals surface area (Å²) >= 11 is 0. The molecule has 5 heterocycles. The number of nitrogens with zero attached hydrogens (tertiary/aromatic N) is 9. The maximum atomic E-state index is 12.8. The van der Waals surface area contributed by atoms with Gasteiger partial charge in [0.15, 0.2) is 11.5 Å². The van der Waals surface area contributed by atoms with E-state index >= 15 is 0 Å². The van der Waals surface area contributed by atoms with Crippen molar-refractivity contribution in [2.75, 3.05) is 23.3 Å². The van der Waals surface area contributed by atoms with E-state index in [2.05, 4.69) is 35.7 Å². The Morgan fingerprint density at radius 3 is 2.82 bits per heavy atom. The zero-order chi connectivity index (χ0) is 22.2. The SMILES string of the molecule is O=C(Nc1cccc(-c2ccc3nncn3n2)c1)C1CN(c2cc(-n3cccn3)ncn2)C1. The van der Waals surface area contributed by atoms with Crippen molar-refractivity contribution in [3.05, 3.63) is 73.6 Å². The first-order valence-electron chi connectivity index (χ1n) is 10.4. The minimum absolute atomic E-state index is 0.0213. The number of amides is 1. The first-order chi connectivity index (χ1) is 16.2. The number of anilines is 2. The van der Waals surface area contributed by atoms with E-state index in [4.69, 9.17) is 0 Å². The Bertz CT molecular complexity index is 1440. The van der Waals surface area contributed by atoms with Gasteiger partial charge in [0, 0.05) is 42.8 Å². The van der Waals surface area contributed by atoms with Gasteiger partial charge in [-0.05, 0) is 30.3 Å². The highest BCUT2D eigenvalue weighted by atomic mass is 16.2. The lowest BCUT2D eigenvalue weighted by Crippen LogP contribution is -2.52. The third kappa shape index (κ3) is 3.65. The molecule has 33 heavy (non-hydrogen) atoms. The van der Waals surface area contributed by atoms with Crippen molar-refractivity contribution in [2.45, 2.75) is 0 Å². The highest BCUT2D eigenvalue weighted by molar-refractivity contribution is 5.94. The highest BCUT2D eigenvalue weighted by Gasteiger charge is 2.33. The minimum atomic E-state index is -0.122. The lowest BCUT2D eigenvalue weighted by Gasteiger charge is -2.39. The monoisotopic (exact) mass is 438 g/mol. The van der Waals surface area contributed by atoms with Crippen LogP contribution in [0, 0.1) is 5.92 Å². The summed E-state index contributed by atoms with van der Waals surface area (Å²) in [5.41, 5.74) is 3.07. The summed E-state index contributed by atoms with van der Waals surface area (Å²) in [4.78, 5) is 23.4. The van der Waals surface area contributed by atoms with Gasteiger partial charge in [-0.1, -0.05) is 12.1 Å². The predicted octanol–water partition coefficient (Wildman–Crippen LogP) is 1.84. The van der Waals surface area contributed by atoms with Gasteiger partial charge in [-0.15, -0.1) is 10.2 Å². The molecule has 11 nitrogen and oxygen atoms in total. The lowest BCUT2D eigenvalue weighted by molar-refractivity contribution is -0.120. The third-order valence-electron chi connectivity index (χ3n) is 5.54. The number of hydrogen-bond donors (Lipinski definition) is 1. The van der Waals surface area contributed by atoms with Crippen LogP contribution in [0.1, 0.15) is 0 Å². The minimum Gasteiger partial charge on any atom is -0.355 e. The lowest BCUT2D eigenvalue weighted by atomic mass is 9.99. The summed E-state index contributed by atoms with van der Waals surface area (Å²) in [7, 11) is 0. The second-order valence-electron chi connectivity index (χ2n) is 7.71. The van der Waals surface area contributed by atoms with Crippen molar-refractivity contribution < 1.29 is 4.79 Å². The Hall–Kier alpha value is -4.67. The molecule has 162 valence electrons. The first kappa shape index (κ1) is 19.0. The first-order valence-corrected chi connectivity index (χ1v) is 10.4. The van der Waals surface area contributed by atoms with Gasteiger partial charge in [0.1, 0.15) is 18.5 Å². The Kier molecular flexibility index (Phi) is 4.49. The number of aromatic nitrogens is 8. The van der Waals surface area contributed by atoms with Crippen LogP contribution in [0.15, 0.2) is 73.6 Å². The molecule has 11 heteroatoms. The van der Waals surface area contributed by atoms with Crippen molar-refractivity contribution in [2.24, 2.45) is 5.92 Å². The van der Waals surface area contributed by atoms with Gasteiger partial charge in [0.25, 0.3) is 0 Å². The molecule has 0 unspecified atom stereocenters. The van der Waals surface area contributed by atoms with Crippen molar-refractivity contribution in [1.29, 1.82) is 0 Å². The van der Waals surface area contributed by atoms with Crippen molar-refractivity contribution in [3.8, 4) is 17.1 Å². The molecule has 6 rings (SSSR count). The zero-order valence-electron chi connectivity index (χ0n) is 17.4. The number of fused-ring (bicyclic) bond motifs is 1. The molecular formula is C22H18N10O. The number of benzene rings is 1. The van der Waals surface area contributed by atoms with Crippen molar-refractivity contribution >= 4 is 23.1 Å². The highest BCUT2D eigenvalue weighted by Crippen LogP contribution is 2.26. The molecule has 1 N–H and O–H groups in total. The van der Waals surface area contributed by atoms with E-state index < -0.39 is 0 Å². The fraction of sp³-hybridized carbons (Fsp3) is 0.136. The van der Waals surface area contributed by atoms with Gasteiger partial charge in [0.2, 0.25) is 5.91 Å². The largest absolute Gasteiger partial charge is 0.355 e. The maximum absolute atomic E-state index is 12.8. The van der Waals surface area contributed by atoms with Crippen LogP contribution in [0.2, 0.25) is 0 Å². The van der Waals surface area contributed by atoms with Crippen LogP contribution in [-0.4, -0.2) is 58.6 Å². The molecule has 0 saturated carbocycles. The molecule has 1 amide bonds.